The van der Waals surface area contributed by atoms with Gasteiger partial charge in [-0.3, -0.25) is 4.98 Å². The van der Waals surface area contributed by atoms with Gasteiger partial charge in [-0.1, -0.05) is 28.1 Å². The van der Waals surface area contributed by atoms with Gasteiger partial charge in [0.2, 0.25) is 5.95 Å². The number of rotatable bonds is 4. The zero-order valence-corrected chi connectivity index (χ0v) is 16.6. The van der Waals surface area contributed by atoms with Crippen molar-refractivity contribution in [1.29, 1.82) is 0 Å². The summed E-state index contributed by atoms with van der Waals surface area (Å²) in [4.78, 5) is 13.2. The minimum absolute atomic E-state index is 0.508. The summed E-state index contributed by atoms with van der Waals surface area (Å²) in [7, 11) is 0. The van der Waals surface area contributed by atoms with Crippen molar-refractivity contribution in [3.8, 4) is 0 Å². The molecule has 0 aliphatic heterocycles. The molecule has 0 aliphatic carbocycles. The molecule has 0 spiro atoms. The Bertz CT molecular complexity index is 1080. The number of benzene rings is 2. The van der Waals surface area contributed by atoms with Crippen molar-refractivity contribution in [2.24, 2.45) is 0 Å². The number of halogens is 2. The Kier molecular flexibility index (Phi) is 4.81. The third-order valence-electron chi connectivity index (χ3n) is 3.69. The van der Waals surface area contributed by atoms with Gasteiger partial charge in [0.15, 0.2) is 0 Å². The van der Waals surface area contributed by atoms with Crippen LogP contribution in [-0.4, -0.2) is 15.0 Å². The largest absolute Gasteiger partial charge is 0.339 e. The number of nitrogens with zero attached hydrogens (tertiary/aromatic N) is 3. The second-order valence-electron chi connectivity index (χ2n) is 5.56. The molecule has 0 atom stereocenters. The number of anilines is 4. The van der Waals surface area contributed by atoms with Gasteiger partial charge < -0.3 is 10.6 Å². The molecule has 0 fully saturated rings. The summed E-state index contributed by atoms with van der Waals surface area (Å²) >= 11 is 6.96. The van der Waals surface area contributed by atoms with Crippen LogP contribution in [0.4, 0.5) is 23.1 Å². The van der Waals surface area contributed by atoms with Gasteiger partial charge in [0.05, 0.1) is 9.99 Å². The van der Waals surface area contributed by atoms with Crippen molar-refractivity contribution in [3.05, 3.63) is 75.9 Å². The van der Waals surface area contributed by atoms with Crippen LogP contribution in [0.3, 0.4) is 0 Å². The number of hydrogen-bond donors (Lipinski definition) is 2. The van der Waals surface area contributed by atoms with E-state index in [1.807, 2.05) is 54.6 Å². The van der Waals surface area contributed by atoms with E-state index in [1.54, 1.807) is 12.4 Å². The van der Waals surface area contributed by atoms with E-state index in [1.165, 1.54) is 0 Å². The van der Waals surface area contributed by atoms with Gasteiger partial charge >= 0.3 is 0 Å². The topological polar surface area (TPSA) is 62.7 Å². The first-order chi connectivity index (χ1) is 12.7. The zero-order valence-electron chi connectivity index (χ0n) is 13.4. The number of fused-ring (bicyclic) bond motifs is 1. The van der Waals surface area contributed by atoms with Gasteiger partial charge in [0, 0.05) is 33.6 Å². The fourth-order valence-corrected chi connectivity index (χ4v) is 3.19. The van der Waals surface area contributed by atoms with Crippen LogP contribution in [0.5, 0.6) is 0 Å². The molecule has 0 saturated heterocycles. The molecule has 4 aromatic rings. The van der Waals surface area contributed by atoms with Gasteiger partial charge in [0.1, 0.15) is 5.82 Å². The lowest BCUT2D eigenvalue weighted by Gasteiger charge is -2.11. The predicted molar refractivity (Wildman–Crippen MR) is 112 cm³/mol. The van der Waals surface area contributed by atoms with Crippen molar-refractivity contribution < 1.29 is 0 Å². The first kappa shape index (κ1) is 16.9. The van der Waals surface area contributed by atoms with Gasteiger partial charge in [-0.25, -0.2) is 4.98 Å². The Morgan fingerprint density at radius 3 is 2.58 bits per heavy atom. The zero-order chi connectivity index (χ0) is 17.9. The van der Waals surface area contributed by atoms with Crippen LogP contribution >= 0.6 is 31.9 Å². The highest BCUT2D eigenvalue weighted by Crippen LogP contribution is 2.27. The summed E-state index contributed by atoms with van der Waals surface area (Å²) in [5.74, 6) is 1.19. The van der Waals surface area contributed by atoms with Crippen LogP contribution in [0, 0.1) is 0 Å². The molecule has 0 aliphatic rings. The molecule has 0 amide bonds. The van der Waals surface area contributed by atoms with E-state index in [9.17, 15) is 0 Å². The Hall–Kier alpha value is -2.51. The number of hydrogen-bond acceptors (Lipinski definition) is 5. The molecule has 2 aromatic carbocycles. The summed E-state index contributed by atoms with van der Waals surface area (Å²) in [6.07, 6.45) is 3.51. The maximum Gasteiger partial charge on any atom is 0.229 e. The highest BCUT2D eigenvalue weighted by atomic mass is 79.9. The molecule has 2 heterocycles. The first-order valence-corrected chi connectivity index (χ1v) is 9.43. The first-order valence-electron chi connectivity index (χ1n) is 7.84. The lowest BCUT2D eigenvalue weighted by Crippen LogP contribution is -2.01. The summed E-state index contributed by atoms with van der Waals surface area (Å²) in [6, 6.07) is 17.8. The molecule has 0 radical (unpaired) electrons. The van der Waals surface area contributed by atoms with E-state index in [2.05, 4.69) is 57.4 Å². The molecule has 5 nitrogen and oxygen atoms in total. The number of aromatic nitrogens is 3. The standard InChI is InChI=1S/C19H13Br2N5/c20-13-4-1-5-14(10-13)24-18-16(21)11-23-19(26-18)25-15-6-7-17-12(9-15)3-2-8-22-17/h1-11H,(H2,23,24,25,26). The fraction of sp³-hybridized carbons (Fsp3) is 0. The maximum absolute atomic E-state index is 4.56. The SMILES string of the molecule is Brc1cccc(Nc2nc(Nc3ccc4ncccc4c3)ncc2Br)c1. The van der Waals surface area contributed by atoms with Crippen molar-refractivity contribution in [2.45, 2.75) is 0 Å². The van der Waals surface area contributed by atoms with Crippen LogP contribution in [0.2, 0.25) is 0 Å². The van der Waals surface area contributed by atoms with Crippen molar-refractivity contribution in [2.75, 3.05) is 10.6 Å². The van der Waals surface area contributed by atoms with E-state index in [4.69, 9.17) is 0 Å². The molecule has 4 rings (SSSR count). The third-order valence-corrected chi connectivity index (χ3v) is 4.76. The summed E-state index contributed by atoms with van der Waals surface area (Å²) in [5.41, 5.74) is 2.79. The molecule has 7 heteroatoms. The minimum Gasteiger partial charge on any atom is -0.339 e. The van der Waals surface area contributed by atoms with Gasteiger partial charge in [0.25, 0.3) is 0 Å². The van der Waals surface area contributed by atoms with E-state index in [0.29, 0.717) is 11.8 Å². The van der Waals surface area contributed by atoms with Crippen molar-refractivity contribution in [3.63, 3.8) is 0 Å². The summed E-state index contributed by atoms with van der Waals surface area (Å²) in [6.45, 7) is 0. The molecule has 2 N–H and O–H groups in total. The monoisotopic (exact) mass is 469 g/mol. The average Bonchev–Trinajstić information content (AvgIpc) is 2.64. The molecule has 2 aromatic heterocycles. The highest BCUT2D eigenvalue weighted by Gasteiger charge is 2.07. The normalized spacial score (nSPS) is 10.7. The average molecular weight is 471 g/mol. The fourth-order valence-electron chi connectivity index (χ4n) is 2.50. The van der Waals surface area contributed by atoms with Crippen molar-refractivity contribution >= 4 is 65.9 Å². The Morgan fingerprint density at radius 2 is 1.69 bits per heavy atom. The molecular formula is C19H13Br2N5. The highest BCUT2D eigenvalue weighted by molar-refractivity contribution is 9.10. The van der Waals surface area contributed by atoms with Gasteiger partial charge in [-0.05, 0) is 58.4 Å². The van der Waals surface area contributed by atoms with E-state index in [0.717, 1.165) is 31.2 Å². The predicted octanol–water partition coefficient (Wildman–Crippen LogP) is 6.04. The summed E-state index contributed by atoms with van der Waals surface area (Å²) < 4.78 is 1.78. The summed E-state index contributed by atoms with van der Waals surface area (Å²) in [5, 5.41) is 7.59. The van der Waals surface area contributed by atoms with Crippen LogP contribution in [0.1, 0.15) is 0 Å². The van der Waals surface area contributed by atoms with E-state index < -0.39 is 0 Å². The van der Waals surface area contributed by atoms with Gasteiger partial charge in [-0.15, -0.1) is 0 Å². The maximum atomic E-state index is 4.56. The van der Waals surface area contributed by atoms with Crippen molar-refractivity contribution in [1.82, 2.24) is 15.0 Å². The molecule has 0 bridgehead atoms. The Labute approximate surface area is 167 Å². The lowest BCUT2D eigenvalue weighted by molar-refractivity contribution is 1.15. The molecule has 0 unspecified atom stereocenters. The van der Waals surface area contributed by atoms with Crippen LogP contribution < -0.4 is 10.6 Å². The number of nitrogens with one attached hydrogen (secondary N) is 2. The molecule has 26 heavy (non-hydrogen) atoms. The van der Waals surface area contributed by atoms with Gasteiger partial charge in [-0.2, -0.15) is 4.98 Å². The lowest BCUT2D eigenvalue weighted by atomic mass is 10.2. The van der Waals surface area contributed by atoms with Crippen LogP contribution in [0.25, 0.3) is 10.9 Å². The second kappa shape index (κ2) is 7.39. The third kappa shape index (κ3) is 3.84. The molecular weight excluding hydrogens is 458 g/mol. The quantitative estimate of drug-likeness (QED) is 0.380. The minimum atomic E-state index is 0.508. The van der Waals surface area contributed by atoms with Crippen LogP contribution in [0.15, 0.2) is 75.9 Å². The Morgan fingerprint density at radius 1 is 0.808 bits per heavy atom. The van der Waals surface area contributed by atoms with Crippen LogP contribution in [-0.2, 0) is 0 Å². The van der Waals surface area contributed by atoms with E-state index >= 15 is 0 Å². The molecule has 128 valence electrons. The Balaban J connectivity index is 1.60. The molecule has 0 saturated carbocycles. The van der Waals surface area contributed by atoms with E-state index in [-0.39, 0.29) is 0 Å². The number of pyridine rings is 1. The second-order valence-corrected chi connectivity index (χ2v) is 7.33. The smallest absolute Gasteiger partial charge is 0.229 e.